The van der Waals surface area contributed by atoms with E-state index in [1.165, 1.54) is 19.3 Å². The van der Waals surface area contributed by atoms with Crippen molar-refractivity contribution in [3.05, 3.63) is 0 Å². The molecule has 1 N–H and O–H groups in total. The Hall–Kier alpha value is -0.280. The molecule has 0 aromatic carbocycles. The van der Waals surface area contributed by atoms with Gasteiger partial charge in [0, 0.05) is 17.8 Å². The average molecular weight is 262 g/mol. The van der Waals surface area contributed by atoms with Crippen molar-refractivity contribution >= 4 is 17.5 Å². The quantitative estimate of drug-likeness (QED) is 0.747. The zero-order valence-electron chi connectivity index (χ0n) is 10.9. The lowest BCUT2D eigenvalue weighted by Crippen LogP contribution is -2.41. The summed E-state index contributed by atoms with van der Waals surface area (Å²) in [5.41, 5.74) is 0.118. The fourth-order valence-electron chi connectivity index (χ4n) is 2.24. The van der Waals surface area contributed by atoms with Crippen LogP contribution in [0.15, 0.2) is 0 Å². The summed E-state index contributed by atoms with van der Waals surface area (Å²) in [6.07, 6.45) is 6.10. The van der Waals surface area contributed by atoms with Crippen LogP contribution in [0.25, 0.3) is 0 Å². The summed E-state index contributed by atoms with van der Waals surface area (Å²) in [7, 11) is 0. The van der Waals surface area contributed by atoms with Gasteiger partial charge in [0.2, 0.25) is 5.91 Å². The monoisotopic (exact) mass is 261 g/mol. The molecule has 4 heteroatoms. The Labute approximate surface area is 109 Å². The maximum Gasteiger partial charge on any atom is 0.246 e. The Kier molecular flexibility index (Phi) is 6.28. The lowest BCUT2D eigenvalue weighted by atomic mass is 9.75. The van der Waals surface area contributed by atoms with Crippen molar-refractivity contribution in [2.75, 3.05) is 19.0 Å². The minimum absolute atomic E-state index is 0.0336. The molecule has 1 rings (SSSR count). The van der Waals surface area contributed by atoms with Crippen LogP contribution < -0.4 is 5.32 Å². The average Bonchev–Trinajstić information content (AvgIpc) is 2.35. The molecule has 1 aliphatic rings. The van der Waals surface area contributed by atoms with Crippen LogP contribution in [0.3, 0.4) is 0 Å². The van der Waals surface area contributed by atoms with E-state index in [1.807, 2.05) is 13.8 Å². The highest BCUT2D eigenvalue weighted by Crippen LogP contribution is 2.36. The molecule has 0 saturated heterocycles. The second-order valence-electron chi connectivity index (χ2n) is 5.33. The Bertz CT molecular complexity index is 238. The number of carbonyl (C=O) groups is 1. The first-order valence-corrected chi connectivity index (χ1v) is 7.06. The summed E-state index contributed by atoms with van der Waals surface area (Å²) in [6.45, 7) is 4.69. The van der Waals surface area contributed by atoms with Crippen LogP contribution in [0.4, 0.5) is 0 Å². The van der Waals surface area contributed by atoms with E-state index in [0.29, 0.717) is 12.4 Å². The van der Waals surface area contributed by atoms with Gasteiger partial charge in [0.25, 0.3) is 0 Å². The van der Waals surface area contributed by atoms with Crippen LogP contribution in [0, 0.1) is 5.41 Å². The molecule has 17 heavy (non-hydrogen) atoms. The maximum atomic E-state index is 11.6. The van der Waals surface area contributed by atoms with E-state index in [4.69, 9.17) is 16.3 Å². The summed E-state index contributed by atoms with van der Waals surface area (Å²) >= 11 is 6.07. The molecular formula is C13H24ClNO2. The SMILES string of the molecule is CC(C)OCC(=O)NCC1(CCl)CCCCC1. The summed E-state index contributed by atoms with van der Waals surface area (Å²) < 4.78 is 5.27. The molecule has 1 amide bonds. The number of carbonyl (C=O) groups excluding carboxylic acids is 1. The molecular weight excluding hydrogens is 238 g/mol. The van der Waals surface area contributed by atoms with Crippen molar-refractivity contribution in [1.82, 2.24) is 5.32 Å². The molecule has 0 unspecified atom stereocenters. The number of amides is 1. The van der Waals surface area contributed by atoms with E-state index in [0.717, 1.165) is 12.8 Å². The third kappa shape index (κ3) is 5.26. The number of halogens is 1. The van der Waals surface area contributed by atoms with E-state index in [-0.39, 0.29) is 24.0 Å². The first-order chi connectivity index (χ1) is 8.08. The smallest absolute Gasteiger partial charge is 0.246 e. The largest absolute Gasteiger partial charge is 0.369 e. The van der Waals surface area contributed by atoms with Crippen LogP contribution >= 0.6 is 11.6 Å². The van der Waals surface area contributed by atoms with Crippen LogP contribution in [0.1, 0.15) is 46.0 Å². The van der Waals surface area contributed by atoms with E-state index >= 15 is 0 Å². The topological polar surface area (TPSA) is 38.3 Å². The number of rotatable bonds is 6. The van der Waals surface area contributed by atoms with Gasteiger partial charge in [-0.15, -0.1) is 11.6 Å². The van der Waals surface area contributed by atoms with Gasteiger partial charge in [-0.05, 0) is 26.7 Å². The van der Waals surface area contributed by atoms with Crippen molar-refractivity contribution < 1.29 is 9.53 Å². The molecule has 1 saturated carbocycles. The van der Waals surface area contributed by atoms with Crippen molar-refractivity contribution in [2.45, 2.75) is 52.1 Å². The zero-order valence-corrected chi connectivity index (χ0v) is 11.7. The predicted octanol–water partition coefficient (Wildman–Crippen LogP) is 2.72. The van der Waals surface area contributed by atoms with E-state index in [2.05, 4.69) is 5.32 Å². The molecule has 0 bridgehead atoms. The summed E-state index contributed by atoms with van der Waals surface area (Å²) in [6, 6.07) is 0. The van der Waals surface area contributed by atoms with Crippen molar-refractivity contribution in [1.29, 1.82) is 0 Å². The fraction of sp³-hybridized carbons (Fsp3) is 0.923. The fourth-order valence-corrected chi connectivity index (χ4v) is 2.60. The zero-order chi connectivity index (χ0) is 12.7. The first kappa shape index (κ1) is 14.8. The molecule has 0 radical (unpaired) electrons. The first-order valence-electron chi connectivity index (χ1n) is 6.52. The Morgan fingerprint density at radius 1 is 1.35 bits per heavy atom. The highest BCUT2D eigenvalue weighted by Gasteiger charge is 2.31. The minimum atomic E-state index is -0.0336. The van der Waals surface area contributed by atoms with Crippen LogP contribution in [0.2, 0.25) is 0 Å². The standard InChI is InChI=1S/C13H24ClNO2/c1-11(2)17-8-12(16)15-10-13(9-14)6-4-3-5-7-13/h11H,3-10H2,1-2H3,(H,15,16). The number of hydrogen-bond donors (Lipinski definition) is 1. The van der Waals surface area contributed by atoms with Gasteiger partial charge in [0.15, 0.2) is 0 Å². The van der Waals surface area contributed by atoms with Gasteiger partial charge >= 0.3 is 0 Å². The summed E-state index contributed by atoms with van der Waals surface area (Å²) in [4.78, 5) is 11.6. The highest BCUT2D eigenvalue weighted by atomic mass is 35.5. The van der Waals surface area contributed by atoms with E-state index in [1.54, 1.807) is 0 Å². The van der Waals surface area contributed by atoms with Gasteiger partial charge in [-0.25, -0.2) is 0 Å². The van der Waals surface area contributed by atoms with Crippen molar-refractivity contribution in [2.24, 2.45) is 5.41 Å². The van der Waals surface area contributed by atoms with Crippen molar-refractivity contribution in [3.8, 4) is 0 Å². The molecule has 0 aromatic heterocycles. The lowest BCUT2D eigenvalue weighted by Gasteiger charge is -2.35. The highest BCUT2D eigenvalue weighted by molar-refractivity contribution is 6.18. The third-order valence-corrected chi connectivity index (χ3v) is 3.97. The van der Waals surface area contributed by atoms with E-state index < -0.39 is 0 Å². The number of nitrogens with one attached hydrogen (secondary N) is 1. The van der Waals surface area contributed by atoms with Crippen LogP contribution in [0.5, 0.6) is 0 Å². The number of ether oxygens (including phenoxy) is 1. The van der Waals surface area contributed by atoms with Crippen LogP contribution in [-0.2, 0) is 9.53 Å². The van der Waals surface area contributed by atoms with E-state index in [9.17, 15) is 4.79 Å². The van der Waals surface area contributed by atoms with Gasteiger partial charge in [-0.2, -0.15) is 0 Å². The van der Waals surface area contributed by atoms with Gasteiger partial charge in [0.05, 0.1) is 6.10 Å². The van der Waals surface area contributed by atoms with Gasteiger partial charge in [-0.1, -0.05) is 19.3 Å². The molecule has 1 aliphatic carbocycles. The normalized spacial score (nSPS) is 19.3. The summed E-state index contributed by atoms with van der Waals surface area (Å²) in [5, 5.41) is 2.95. The Morgan fingerprint density at radius 2 is 2.00 bits per heavy atom. The van der Waals surface area contributed by atoms with Gasteiger partial charge in [-0.3, -0.25) is 4.79 Å². The number of hydrogen-bond acceptors (Lipinski definition) is 2. The number of alkyl halides is 1. The maximum absolute atomic E-state index is 11.6. The molecule has 0 atom stereocenters. The molecule has 0 heterocycles. The minimum Gasteiger partial charge on any atom is -0.369 e. The second kappa shape index (κ2) is 7.22. The molecule has 0 aromatic rings. The van der Waals surface area contributed by atoms with Gasteiger partial charge in [0.1, 0.15) is 6.61 Å². The lowest BCUT2D eigenvalue weighted by molar-refractivity contribution is -0.127. The molecule has 1 fully saturated rings. The van der Waals surface area contributed by atoms with Crippen LogP contribution in [-0.4, -0.2) is 31.0 Å². The molecule has 0 spiro atoms. The second-order valence-corrected chi connectivity index (χ2v) is 5.60. The molecule has 0 aliphatic heterocycles. The Balaban J connectivity index is 2.29. The predicted molar refractivity (Wildman–Crippen MR) is 70.3 cm³/mol. The summed E-state index contributed by atoms with van der Waals surface area (Å²) in [5.74, 6) is 0.604. The molecule has 3 nitrogen and oxygen atoms in total. The van der Waals surface area contributed by atoms with Crippen molar-refractivity contribution in [3.63, 3.8) is 0 Å². The van der Waals surface area contributed by atoms with Gasteiger partial charge < -0.3 is 10.1 Å². The Morgan fingerprint density at radius 3 is 2.53 bits per heavy atom. The third-order valence-electron chi connectivity index (χ3n) is 3.41. The molecule has 100 valence electrons.